The van der Waals surface area contributed by atoms with Crippen LogP contribution in [0.15, 0.2) is 0 Å². The van der Waals surface area contributed by atoms with E-state index in [0.717, 1.165) is 0 Å². The molecule has 0 amide bonds. The number of hydrogen-bond donors (Lipinski definition) is 0. The molecule has 0 radical (unpaired) electrons. The van der Waals surface area contributed by atoms with Crippen LogP contribution >= 0.6 is 0 Å². The van der Waals surface area contributed by atoms with Crippen LogP contribution in [0.25, 0.3) is 0 Å². The first-order valence-electron chi connectivity index (χ1n) is 0.873. The first kappa shape index (κ1) is 15.7. The molecule has 0 aliphatic rings. The molecule has 0 fully saturated rings. The van der Waals surface area contributed by atoms with E-state index >= 15 is 0 Å². The zero-order valence-electron chi connectivity index (χ0n) is 3.50. The Balaban J connectivity index is -0.0000000800. The molecule has 0 bridgehead atoms. The molecule has 0 nitrogen and oxygen atoms in total. The molecule has 0 saturated heterocycles. The summed E-state index contributed by atoms with van der Waals surface area (Å²) >= 11 is 0. The minimum absolute atomic E-state index is 0. The molecule has 0 heterocycles. The maximum Gasteiger partial charge on any atom is 1.00 e. The van der Waals surface area contributed by atoms with Crippen LogP contribution in [-0.4, -0.2) is 7.25 Å². The fraction of sp³-hybridized carbons (Fsp3) is 0. The SMILES string of the molecule is F.F[B-](F)(F)F.[Li+]. The number of rotatable bonds is 0. The maximum absolute atomic E-state index is 9.75. The molecule has 0 aromatic heterocycles. The van der Waals surface area contributed by atoms with E-state index in [0.29, 0.717) is 0 Å². The summed E-state index contributed by atoms with van der Waals surface area (Å²) in [6, 6.07) is 0. The molecule has 7 heavy (non-hydrogen) atoms. The van der Waals surface area contributed by atoms with Crippen molar-refractivity contribution >= 4 is 7.25 Å². The minimum Gasteiger partial charge on any atom is -0.418 e. The van der Waals surface area contributed by atoms with Gasteiger partial charge < -0.3 is 17.3 Å². The van der Waals surface area contributed by atoms with E-state index in [1.54, 1.807) is 0 Å². The standard InChI is InChI=1S/BF4.FH.Li/c2-1(3,4)5;;/h;1H;/q-1;;+1. The second-order valence-corrected chi connectivity index (χ2v) is 0.495. The van der Waals surface area contributed by atoms with Gasteiger partial charge in [-0.3, -0.25) is 4.70 Å². The van der Waals surface area contributed by atoms with Crippen LogP contribution in [-0.2, 0) is 0 Å². The smallest absolute Gasteiger partial charge is 0.418 e. The van der Waals surface area contributed by atoms with Crippen molar-refractivity contribution in [1.82, 2.24) is 0 Å². The Morgan fingerprint density at radius 3 is 0.857 bits per heavy atom. The van der Waals surface area contributed by atoms with E-state index < -0.39 is 7.25 Å². The van der Waals surface area contributed by atoms with Crippen LogP contribution in [0.1, 0.15) is 0 Å². The van der Waals surface area contributed by atoms with Gasteiger partial charge in [-0.1, -0.05) is 0 Å². The minimum atomic E-state index is -6.00. The van der Waals surface area contributed by atoms with E-state index in [-0.39, 0.29) is 23.6 Å². The molecular weight excluding hydrogens is 113 g/mol. The van der Waals surface area contributed by atoms with Gasteiger partial charge in [0.2, 0.25) is 0 Å². The molecule has 7 heteroatoms. The Morgan fingerprint density at radius 2 is 0.857 bits per heavy atom. The fourth-order valence-electron chi connectivity index (χ4n) is 0. The molecule has 0 aromatic carbocycles. The predicted octanol–water partition coefficient (Wildman–Crippen LogP) is -1.54. The third kappa shape index (κ3) is 1200. The van der Waals surface area contributed by atoms with Crippen LogP contribution in [0.4, 0.5) is 22.0 Å². The van der Waals surface area contributed by atoms with Crippen molar-refractivity contribution in [2.24, 2.45) is 0 Å². The molecule has 0 rings (SSSR count). The van der Waals surface area contributed by atoms with Crippen molar-refractivity contribution in [2.45, 2.75) is 0 Å². The Labute approximate surface area is 48.9 Å². The number of hydrogen-bond acceptors (Lipinski definition) is 0. The molecule has 0 aromatic rings. The van der Waals surface area contributed by atoms with Gasteiger partial charge in [0.05, 0.1) is 0 Å². The molecule has 0 N–H and O–H groups in total. The zero-order valence-corrected chi connectivity index (χ0v) is 3.50. The second kappa shape index (κ2) is 4.47. The van der Waals surface area contributed by atoms with Crippen LogP contribution in [0.3, 0.4) is 0 Å². The summed E-state index contributed by atoms with van der Waals surface area (Å²) < 4.78 is 39.0. The Morgan fingerprint density at radius 1 is 0.857 bits per heavy atom. The average molecular weight is 114 g/mol. The third-order valence-corrected chi connectivity index (χ3v) is 0. The molecule has 0 saturated carbocycles. The largest absolute Gasteiger partial charge is 1.00 e. The quantitative estimate of drug-likeness (QED) is 0.264. The molecular formula is HBF5Li. The first-order chi connectivity index (χ1) is 2.00. The summed E-state index contributed by atoms with van der Waals surface area (Å²) in [5.41, 5.74) is 0. The van der Waals surface area contributed by atoms with Crippen LogP contribution < -0.4 is 18.9 Å². The van der Waals surface area contributed by atoms with E-state index in [4.69, 9.17) is 0 Å². The van der Waals surface area contributed by atoms with Gasteiger partial charge in [0, 0.05) is 0 Å². The van der Waals surface area contributed by atoms with Gasteiger partial charge in [-0.25, -0.2) is 0 Å². The first-order valence-corrected chi connectivity index (χ1v) is 0.873. The van der Waals surface area contributed by atoms with E-state index in [1.807, 2.05) is 0 Å². The van der Waals surface area contributed by atoms with Gasteiger partial charge >= 0.3 is 26.1 Å². The van der Waals surface area contributed by atoms with Gasteiger partial charge in [-0.15, -0.1) is 0 Å². The number of halogens is 5. The van der Waals surface area contributed by atoms with E-state index in [9.17, 15) is 17.3 Å². The normalized spacial score (nSPS) is 8.57. The summed E-state index contributed by atoms with van der Waals surface area (Å²) in [6.07, 6.45) is 0. The molecule has 40 valence electrons. The summed E-state index contributed by atoms with van der Waals surface area (Å²) in [7, 11) is -6.00. The summed E-state index contributed by atoms with van der Waals surface area (Å²) in [4.78, 5) is 0. The monoisotopic (exact) mass is 114 g/mol. The summed E-state index contributed by atoms with van der Waals surface area (Å²) in [5.74, 6) is 0. The maximum atomic E-state index is 9.75. The summed E-state index contributed by atoms with van der Waals surface area (Å²) in [6.45, 7) is 0. The second-order valence-electron chi connectivity index (χ2n) is 0.495. The zero-order chi connectivity index (χ0) is 4.50. The van der Waals surface area contributed by atoms with Crippen molar-refractivity contribution in [1.29, 1.82) is 0 Å². The fourth-order valence-corrected chi connectivity index (χ4v) is 0. The van der Waals surface area contributed by atoms with Gasteiger partial charge in [-0.2, -0.15) is 0 Å². The topological polar surface area (TPSA) is 0 Å². The van der Waals surface area contributed by atoms with Gasteiger partial charge in [0.15, 0.2) is 0 Å². The van der Waals surface area contributed by atoms with Crippen molar-refractivity contribution in [2.75, 3.05) is 0 Å². The van der Waals surface area contributed by atoms with Crippen LogP contribution in [0, 0.1) is 0 Å². The third-order valence-electron chi connectivity index (χ3n) is 0. The molecule has 0 aliphatic carbocycles. The van der Waals surface area contributed by atoms with Gasteiger partial charge in [0.25, 0.3) is 0 Å². The average Bonchev–Trinajstić information content (AvgIpc) is 0.722. The Kier molecular flexibility index (Phi) is 10.0. The van der Waals surface area contributed by atoms with E-state index in [1.165, 1.54) is 0 Å². The summed E-state index contributed by atoms with van der Waals surface area (Å²) in [5, 5.41) is 0. The Bertz CT molecular complexity index is 23.6. The van der Waals surface area contributed by atoms with Crippen LogP contribution in [0.5, 0.6) is 0 Å². The van der Waals surface area contributed by atoms with E-state index in [2.05, 4.69) is 0 Å². The van der Waals surface area contributed by atoms with Crippen molar-refractivity contribution in [3.8, 4) is 0 Å². The molecule has 0 unspecified atom stereocenters. The molecule has 0 spiro atoms. The van der Waals surface area contributed by atoms with Crippen molar-refractivity contribution < 1.29 is 40.8 Å². The predicted molar refractivity (Wildman–Crippen MR) is 12.7 cm³/mol. The van der Waals surface area contributed by atoms with Crippen molar-refractivity contribution in [3.05, 3.63) is 0 Å². The molecule has 0 aliphatic heterocycles. The van der Waals surface area contributed by atoms with Gasteiger partial charge in [-0.05, 0) is 0 Å². The van der Waals surface area contributed by atoms with Gasteiger partial charge in [0.1, 0.15) is 0 Å². The molecule has 0 atom stereocenters. The van der Waals surface area contributed by atoms with Crippen molar-refractivity contribution in [3.63, 3.8) is 0 Å². The Hall–Kier alpha value is 0.312. The van der Waals surface area contributed by atoms with Crippen LogP contribution in [0.2, 0.25) is 0 Å².